The van der Waals surface area contributed by atoms with E-state index in [1.807, 2.05) is 4.90 Å². The molecule has 20 heavy (non-hydrogen) atoms. The first kappa shape index (κ1) is 14.7. The van der Waals surface area contributed by atoms with E-state index in [0.29, 0.717) is 22.9 Å². The third kappa shape index (κ3) is 2.89. The second-order valence-corrected chi connectivity index (χ2v) is 6.56. The Morgan fingerprint density at radius 2 is 2.10 bits per heavy atom. The maximum Gasteiger partial charge on any atom is 0.257 e. The van der Waals surface area contributed by atoms with Gasteiger partial charge in [-0.25, -0.2) is 0 Å². The van der Waals surface area contributed by atoms with Gasteiger partial charge in [0.1, 0.15) is 5.75 Å². The van der Waals surface area contributed by atoms with E-state index in [0.717, 1.165) is 19.5 Å². The van der Waals surface area contributed by atoms with E-state index < -0.39 is 0 Å². The summed E-state index contributed by atoms with van der Waals surface area (Å²) in [6, 6.07) is 5.19. The first-order chi connectivity index (χ1) is 9.32. The van der Waals surface area contributed by atoms with E-state index in [2.05, 4.69) is 20.8 Å². The highest BCUT2D eigenvalue weighted by Crippen LogP contribution is 2.35. The van der Waals surface area contributed by atoms with Crippen LogP contribution in [0, 0.1) is 11.3 Å². The predicted molar refractivity (Wildman–Crippen MR) is 80.9 cm³/mol. The molecule has 0 bridgehead atoms. The van der Waals surface area contributed by atoms with E-state index in [1.54, 1.807) is 25.3 Å². The average molecular weight is 276 g/mol. The number of nitrogens with zero attached hydrogens (tertiary/aromatic N) is 1. The molecule has 0 aromatic heterocycles. The number of nitrogens with two attached hydrogens (primary N) is 1. The molecule has 1 heterocycles. The topological polar surface area (TPSA) is 55.6 Å². The largest absolute Gasteiger partial charge is 0.496 e. The molecule has 4 heteroatoms. The van der Waals surface area contributed by atoms with E-state index in [9.17, 15) is 4.79 Å². The van der Waals surface area contributed by atoms with Crippen molar-refractivity contribution in [2.24, 2.45) is 11.3 Å². The third-order valence-electron chi connectivity index (χ3n) is 4.16. The number of amides is 1. The number of likely N-dealkylation sites (tertiary alicyclic amines) is 1. The van der Waals surface area contributed by atoms with Crippen LogP contribution in [0.5, 0.6) is 5.75 Å². The number of carbonyl (C=O) groups is 1. The normalized spacial score (nSPS) is 19.2. The van der Waals surface area contributed by atoms with Gasteiger partial charge in [-0.05, 0) is 29.9 Å². The summed E-state index contributed by atoms with van der Waals surface area (Å²) in [5.41, 5.74) is 7.17. The molecule has 4 nitrogen and oxygen atoms in total. The Morgan fingerprint density at radius 3 is 2.65 bits per heavy atom. The van der Waals surface area contributed by atoms with Gasteiger partial charge in [-0.1, -0.05) is 20.8 Å². The van der Waals surface area contributed by atoms with Crippen LogP contribution in [0.1, 0.15) is 37.6 Å². The first-order valence-electron chi connectivity index (χ1n) is 7.05. The molecule has 110 valence electrons. The molecule has 1 amide bonds. The first-order valence-corrected chi connectivity index (χ1v) is 7.05. The number of hydrogen-bond donors (Lipinski definition) is 1. The molecular formula is C16H24N2O2. The van der Waals surface area contributed by atoms with Crippen LogP contribution in [0.4, 0.5) is 5.69 Å². The van der Waals surface area contributed by atoms with Crippen molar-refractivity contribution in [2.45, 2.75) is 27.2 Å². The molecule has 1 atom stereocenters. The Kier molecular flexibility index (Phi) is 3.93. The van der Waals surface area contributed by atoms with Gasteiger partial charge in [0.15, 0.2) is 0 Å². The van der Waals surface area contributed by atoms with E-state index in [1.165, 1.54) is 0 Å². The van der Waals surface area contributed by atoms with Gasteiger partial charge in [-0.15, -0.1) is 0 Å². The Bertz CT molecular complexity index is 506. The van der Waals surface area contributed by atoms with Gasteiger partial charge in [-0.3, -0.25) is 4.79 Å². The summed E-state index contributed by atoms with van der Waals surface area (Å²) in [5.74, 6) is 1.13. The molecule has 0 saturated carbocycles. The molecule has 1 aliphatic rings. The van der Waals surface area contributed by atoms with Crippen LogP contribution in [0.15, 0.2) is 18.2 Å². The van der Waals surface area contributed by atoms with Crippen LogP contribution in [0.3, 0.4) is 0 Å². The fraction of sp³-hybridized carbons (Fsp3) is 0.562. The number of nitrogen functional groups attached to an aromatic ring is 1. The van der Waals surface area contributed by atoms with E-state index >= 15 is 0 Å². The molecule has 0 spiro atoms. The molecule has 1 aliphatic heterocycles. The lowest BCUT2D eigenvalue weighted by Crippen LogP contribution is -2.31. The zero-order valence-corrected chi connectivity index (χ0v) is 12.8. The second kappa shape index (κ2) is 5.35. The highest BCUT2D eigenvalue weighted by Gasteiger charge is 2.34. The molecule has 0 radical (unpaired) electrons. The number of anilines is 1. The lowest BCUT2D eigenvalue weighted by atomic mass is 9.80. The maximum absolute atomic E-state index is 12.6. The van der Waals surface area contributed by atoms with Crippen molar-refractivity contribution < 1.29 is 9.53 Å². The van der Waals surface area contributed by atoms with Crippen LogP contribution < -0.4 is 10.5 Å². The molecule has 1 aromatic carbocycles. The minimum Gasteiger partial charge on any atom is -0.496 e. The zero-order chi connectivity index (χ0) is 14.9. The molecule has 1 unspecified atom stereocenters. The summed E-state index contributed by atoms with van der Waals surface area (Å²) in [6.07, 6.45) is 1.06. The minimum absolute atomic E-state index is 0.0357. The Hall–Kier alpha value is -1.71. The summed E-state index contributed by atoms with van der Waals surface area (Å²) in [6.45, 7) is 8.32. The smallest absolute Gasteiger partial charge is 0.257 e. The van der Waals surface area contributed by atoms with Gasteiger partial charge in [0.2, 0.25) is 0 Å². The molecule has 2 N–H and O–H groups in total. The standard InChI is InChI=1S/C16H24N2O2/c1-16(2,3)11-7-8-18(10-11)15(19)13-6-5-12(17)9-14(13)20-4/h5-6,9,11H,7-8,10,17H2,1-4H3. The zero-order valence-electron chi connectivity index (χ0n) is 12.8. The van der Waals surface area contributed by atoms with Crippen LogP contribution in [-0.2, 0) is 0 Å². The lowest BCUT2D eigenvalue weighted by molar-refractivity contribution is 0.0773. The number of hydrogen-bond acceptors (Lipinski definition) is 3. The third-order valence-corrected chi connectivity index (χ3v) is 4.16. The predicted octanol–water partition coefficient (Wildman–Crippen LogP) is 2.79. The molecule has 1 saturated heterocycles. The Morgan fingerprint density at radius 1 is 1.40 bits per heavy atom. The number of methoxy groups -OCH3 is 1. The molecule has 0 aliphatic carbocycles. The monoisotopic (exact) mass is 276 g/mol. The van der Waals surface area contributed by atoms with Crippen molar-refractivity contribution in [3.63, 3.8) is 0 Å². The van der Waals surface area contributed by atoms with Gasteiger partial charge in [0, 0.05) is 24.8 Å². The Labute approximate surface area is 120 Å². The molecular weight excluding hydrogens is 252 g/mol. The van der Waals surface area contributed by atoms with Crippen LogP contribution in [0.2, 0.25) is 0 Å². The van der Waals surface area contributed by atoms with Crippen molar-refractivity contribution >= 4 is 11.6 Å². The molecule has 1 fully saturated rings. The summed E-state index contributed by atoms with van der Waals surface area (Å²) in [7, 11) is 1.56. The molecule has 1 aromatic rings. The number of benzene rings is 1. The van der Waals surface area contributed by atoms with Crippen LogP contribution in [0.25, 0.3) is 0 Å². The lowest BCUT2D eigenvalue weighted by Gasteiger charge is -2.27. The van der Waals surface area contributed by atoms with Crippen LogP contribution >= 0.6 is 0 Å². The van der Waals surface area contributed by atoms with Gasteiger partial charge < -0.3 is 15.4 Å². The van der Waals surface area contributed by atoms with Crippen molar-refractivity contribution in [3.8, 4) is 5.75 Å². The summed E-state index contributed by atoms with van der Waals surface area (Å²) >= 11 is 0. The van der Waals surface area contributed by atoms with E-state index in [-0.39, 0.29) is 11.3 Å². The van der Waals surface area contributed by atoms with Gasteiger partial charge in [0.05, 0.1) is 12.7 Å². The van der Waals surface area contributed by atoms with Gasteiger partial charge in [-0.2, -0.15) is 0 Å². The van der Waals surface area contributed by atoms with Crippen LogP contribution in [-0.4, -0.2) is 31.0 Å². The van der Waals surface area contributed by atoms with Crippen molar-refractivity contribution in [3.05, 3.63) is 23.8 Å². The fourth-order valence-electron chi connectivity index (χ4n) is 2.71. The summed E-state index contributed by atoms with van der Waals surface area (Å²) in [4.78, 5) is 14.5. The Balaban J connectivity index is 2.17. The average Bonchev–Trinajstić information content (AvgIpc) is 2.87. The maximum atomic E-state index is 12.6. The highest BCUT2D eigenvalue weighted by atomic mass is 16.5. The number of carbonyl (C=O) groups excluding carboxylic acids is 1. The van der Waals surface area contributed by atoms with Gasteiger partial charge >= 0.3 is 0 Å². The van der Waals surface area contributed by atoms with Crippen molar-refractivity contribution in [1.29, 1.82) is 0 Å². The minimum atomic E-state index is 0.0357. The van der Waals surface area contributed by atoms with Crippen molar-refractivity contribution in [2.75, 3.05) is 25.9 Å². The van der Waals surface area contributed by atoms with Gasteiger partial charge in [0.25, 0.3) is 5.91 Å². The van der Waals surface area contributed by atoms with Crippen molar-refractivity contribution in [1.82, 2.24) is 4.90 Å². The number of ether oxygens (including phenoxy) is 1. The highest BCUT2D eigenvalue weighted by molar-refractivity contribution is 5.97. The quantitative estimate of drug-likeness (QED) is 0.845. The summed E-state index contributed by atoms with van der Waals surface area (Å²) < 4.78 is 5.27. The SMILES string of the molecule is COc1cc(N)ccc1C(=O)N1CCC(C(C)(C)C)C1. The molecule has 2 rings (SSSR count). The fourth-order valence-corrected chi connectivity index (χ4v) is 2.71. The second-order valence-electron chi connectivity index (χ2n) is 6.56. The number of rotatable bonds is 2. The van der Waals surface area contributed by atoms with E-state index in [4.69, 9.17) is 10.5 Å². The summed E-state index contributed by atoms with van der Waals surface area (Å²) in [5, 5.41) is 0.